The molecule has 0 aromatic heterocycles. The molecule has 0 aliphatic heterocycles. The van der Waals surface area contributed by atoms with E-state index >= 15 is 0 Å². The molecule has 0 aliphatic carbocycles. The second kappa shape index (κ2) is 6.19. The Labute approximate surface area is 106 Å². The topological polar surface area (TPSA) is 142 Å². The fraction of sp³-hybridized carbons (Fsp3) is 0.200. The number of nitro groups is 1. The summed E-state index contributed by atoms with van der Waals surface area (Å²) in [6.07, 6.45) is 0. The molecule has 0 amide bonds. The maximum absolute atomic E-state index is 10.7. The maximum Gasteiger partial charge on any atom is 0.314 e. The quantitative estimate of drug-likeness (QED) is 0.402. The number of benzene rings is 1. The zero-order valence-electron chi connectivity index (χ0n) is 9.36. The van der Waals surface area contributed by atoms with Crippen LogP contribution in [0.1, 0.15) is 0 Å². The summed E-state index contributed by atoms with van der Waals surface area (Å²) >= 11 is 0. The summed E-state index contributed by atoms with van der Waals surface area (Å²) in [5, 5.41) is 31.1. The molecule has 0 spiro atoms. The number of hydrogen-bond acceptors (Lipinski definition) is 8. The van der Waals surface area contributed by atoms with Crippen molar-refractivity contribution in [3.05, 3.63) is 28.3 Å². The maximum atomic E-state index is 10.7. The Morgan fingerprint density at radius 3 is 2.21 bits per heavy atom. The Kier molecular flexibility index (Phi) is 4.63. The minimum absolute atomic E-state index is 0.0864. The summed E-state index contributed by atoms with van der Waals surface area (Å²) in [6, 6.07) is 3.19. The second-order valence-electron chi connectivity index (χ2n) is 3.21. The molecule has 0 unspecified atom stereocenters. The van der Waals surface area contributed by atoms with E-state index in [9.17, 15) is 29.9 Å². The predicted molar refractivity (Wildman–Crippen MR) is 54.1 cm³/mol. The lowest BCUT2D eigenvalue weighted by Crippen LogP contribution is -2.29. The Morgan fingerprint density at radius 2 is 1.68 bits per heavy atom. The van der Waals surface area contributed by atoms with Crippen molar-refractivity contribution in [3.63, 3.8) is 0 Å². The average molecular weight is 269 g/mol. The van der Waals surface area contributed by atoms with Crippen LogP contribution in [-0.4, -0.2) is 30.1 Å². The highest BCUT2D eigenvalue weighted by Crippen LogP contribution is 2.31. The van der Waals surface area contributed by atoms with Gasteiger partial charge < -0.3 is 29.3 Å². The van der Waals surface area contributed by atoms with Gasteiger partial charge in [0.15, 0.2) is 5.75 Å². The lowest BCUT2D eigenvalue weighted by atomic mass is 10.3. The molecule has 1 aromatic rings. The SMILES string of the molecule is O=C([O-])COc1ccc(OCC(=O)[O-])c([N+](=O)[O-])c1. The van der Waals surface area contributed by atoms with E-state index in [-0.39, 0.29) is 11.5 Å². The van der Waals surface area contributed by atoms with Crippen LogP contribution >= 0.6 is 0 Å². The van der Waals surface area contributed by atoms with Gasteiger partial charge in [0.1, 0.15) is 19.0 Å². The molecule has 0 atom stereocenters. The van der Waals surface area contributed by atoms with Crippen LogP contribution in [0, 0.1) is 10.1 Å². The summed E-state index contributed by atoms with van der Waals surface area (Å²) in [6.45, 7) is -1.61. The number of aliphatic carboxylic acids is 2. The summed E-state index contributed by atoms with van der Waals surface area (Å²) in [5.41, 5.74) is -0.558. The van der Waals surface area contributed by atoms with Crippen molar-refractivity contribution in [2.75, 3.05) is 13.2 Å². The van der Waals surface area contributed by atoms with Gasteiger partial charge >= 0.3 is 5.69 Å². The van der Waals surface area contributed by atoms with Gasteiger partial charge in [0.2, 0.25) is 0 Å². The molecule has 0 radical (unpaired) electrons. The average Bonchev–Trinajstić information content (AvgIpc) is 2.33. The lowest BCUT2D eigenvalue weighted by Gasteiger charge is -2.10. The van der Waals surface area contributed by atoms with Crippen molar-refractivity contribution in [3.8, 4) is 11.5 Å². The smallest absolute Gasteiger partial charge is 0.314 e. The molecular weight excluding hydrogens is 262 g/mol. The number of carbonyl (C=O) groups is 2. The van der Waals surface area contributed by atoms with E-state index in [4.69, 9.17) is 0 Å². The molecule has 0 saturated heterocycles. The van der Waals surface area contributed by atoms with Crippen LogP contribution in [-0.2, 0) is 9.59 Å². The fourth-order valence-corrected chi connectivity index (χ4v) is 1.13. The van der Waals surface area contributed by atoms with E-state index in [1.165, 1.54) is 6.07 Å². The minimum Gasteiger partial charge on any atom is -0.546 e. The van der Waals surface area contributed by atoms with Gasteiger partial charge in [-0.2, -0.15) is 0 Å². The molecule has 102 valence electrons. The minimum atomic E-state index is -1.54. The van der Waals surface area contributed by atoms with Crippen LogP contribution in [0.2, 0.25) is 0 Å². The highest BCUT2D eigenvalue weighted by molar-refractivity contribution is 5.67. The van der Waals surface area contributed by atoms with Gasteiger partial charge in [0.05, 0.1) is 22.9 Å². The first kappa shape index (κ1) is 14.2. The monoisotopic (exact) mass is 269 g/mol. The molecule has 0 bridgehead atoms. The van der Waals surface area contributed by atoms with E-state index in [1.54, 1.807) is 0 Å². The Hall–Kier alpha value is -2.84. The molecule has 1 rings (SSSR count). The van der Waals surface area contributed by atoms with Crippen molar-refractivity contribution in [2.24, 2.45) is 0 Å². The molecule has 19 heavy (non-hydrogen) atoms. The van der Waals surface area contributed by atoms with Gasteiger partial charge in [0.25, 0.3) is 0 Å². The highest BCUT2D eigenvalue weighted by Gasteiger charge is 2.16. The van der Waals surface area contributed by atoms with Gasteiger partial charge in [-0.25, -0.2) is 0 Å². The Balaban J connectivity index is 2.91. The van der Waals surface area contributed by atoms with Gasteiger partial charge in [-0.1, -0.05) is 0 Å². The van der Waals surface area contributed by atoms with Crippen molar-refractivity contribution < 1.29 is 34.2 Å². The van der Waals surface area contributed by atoms with Crippen LogP contribution in [0.25, 0.3) is 0 Å². The normalized spacial score (nSPS) is 9.68. The number of carboxylic acid groups (broad SMARTS) is 2. The first-order chi connectivity index (χ1) is 8.90. The molecule has 0 heterocycles. The summed E-state index contributed by atoms with van der Waals surface area (Å²) in [7, 11) is 0. The molecule has 9 nitrogen and oxygen atoms in total. The zero-order chi connectivity index (χ0) is 14.4. The van der Waals surface area contributed by atoms with Crippen molar-refractivity contribution >= 4 is 17.6 Å². The lowest BCUT2D eigenvalue weighted by molar-refractivity contribution is -0.386. The largest absolute Gasteiger partial charge is 0.546 e. The third kappa shape index (κ3) is 4.50. The van der Waals surface area contributed by atoms with Crippen molar-refractivity contribution in [1.82, 2.24) is 0 Å². The number of carbonyl (C=O) groups excluding carboxylic acids is 2. The van der Waals surface area contributed by atoms with Crippen LogP contribution in [0.4, 0.5) is 5.69 Å². The summed E-state index contributed by atoms with van der Waals surface area (Å²) < 4.78 is 9.34. The van der Waals surface area contributed by atoms with Crippen LogP contribution in [0.15, 0.2) is 18.2 Å². The Bertz CT molecular complexity index is 512. The number of hydrogen-bond donors (Lipinski definition) is 0. The third-order valence-electron chi connectivity index (χ3n) is 1.83. The number of nitrogens with zero attached hydrogens (tertiary/aromatic N) is 1. The van der Waals surface area contributed by atoms with E-state index in [2.05, 4.69) is 9.47 Å². The summed E-state index contributed by atoms with van der Waals surface area (Å²) in [5.74, 6) is -3.40. The molecule has 1 aromatic carbocycles. The third-order valence-corrected chi connectivity index (χ3v) is 1.83. The van der Waals surface area contributed by atoms with Gasteiger partial charge in [-0.15, -0.1) is 0 Å². The van der Waals surface area contributed by atoms with E-state index in [0.29, 0.717) is 0 Å². The number of nitro benzene ring substituents is 1. The van der Waals surface area contributed by atoms with Crippen LogP contribution < -0.4 is 19.7 Å². The molecule has 9 heteroatoms. The van der Waals surface area contributed by atoms with Crippen molar-refractivity contribution in [2.45, 2.75) is 0 Å². The second-order valence-corrected chi connectivity index (χ2v) is 3.21. The molecule has 0 saturated carbocycles. The first-order valence-corrected chi connectivity index (χ1v) is 4.84. The first-order valence-electron chi connectivity index (χ1n) is 4.84. The van der Waals surface area contributed by atoms with E-state index in [0.717, 1.165) is 12.1 Å². The zero-order valence-corrected chi connectivity index (χ0v) is 9.36. The number of carboxylic acids is 2. The summed E-state index contributed by atoms with van der Waals surface area (Å²) in [4.78, 5) is 30.3. The van der Waals surface area contributed by atoms with E-state index in [1.807, 2.05) is 0 Å². The standard InChI is InChI=1S/C10H9NO8/c12-9(13)4-18-6-1-2-8(19-5-10(14)15)7(3-6)11(16)17/h1-3H,4-5H2,(H,12,13)(H,14,15)/p-2. The predicted octanol–water partition coefficient (Wildman–Crippen LogP) is -2.15. The molecule has 0 fully saturated rings. The van der Waals surface area contributed by atoms with Gasteiger partial charge in [0, 0.05) is 0 Å². The van der Waals surface area contributed by atoms with Crippen molar-refractivity contribution in [1.29, 1.82) is 0 Å². The van der Waals surface area contributed by atoms with Crippen LogP contribution in [0.3, 0.4) is 0 Å². The Morgan fingerprint density at radius 1 is 1.11 bits per heavy atom. The number of ether oxygens (including phenoxy) is 2. The van der Waals surface area contributed by atoms with Crippen LogP contribution in [0.5, 0.6) is 11.5 Å². The fourth-order valence-electron chi connectivity index (χ4n) is 1.13. The molecular formula is C10H7NO8-2. The molecule has 0 N–H and O–H groups in total. The molecule has 0 aliphatic rings. The van der Waals surface area contributed by atoms with Gasteiger partial charge in [-0.3, -0.25) is 10.1 Å². The van der Waals surface area contributed by atoms with E-state index < -0.39 is 35.8 Å². The van der Waals surface area contributed by atoms with Gasteiger partial charge in [-0.05, 0) is 12.1 Å². The highest BCUT2D eigenvalue weighted by atomic mass is 16.6. The number of rotatable bonds is 7.